The van der Waals surface area contributed by atoms with E-state index in [0.29, 0.717) is 11.4 Å². The number of rotatable bonds is 7. The third-order valence-corrected chi connectivity index (χ3v) is 5.51. The van der Waals surface area contributed by atoms with Crippen LogP contribution in [0.4, 0.5) is 5.69 Å². The molecule has 0 saturated heterocycles. The minimum atomic E-state index is -3.68. The standard InChI is InChI=1S/C20H20N2O4S/c1-26-18-9-7-17(8-10-18)22-20(23)12-13-21-27(24,25)19-11-6-15-4-2-3-5-16(15)14-19/h2-11,14,21H,12-13H2,1H3,(H,22,23). The predicted molar refractivity (Wildman–Crippen MR) is 105 cm³/mol. The molecule has 6 nitrogen and oxygen atoms in total. The second-order valence-electron chi connectivity index (χ2n) is 5.93. The first kappa shape index (κ1) is 18.9. The SMILES string of the molecule is COc1ccc(NC(=O)CCNS(=O)(=O)c2ccc3ccccc3c2)cc1. The summed E-state index contributed by atoms with van der Waals surface area (Å²) in [6.45, 7) is 0.0111. The lowest BCUT2D eigenvalue weighted by Gasteiger charge is -2.09. The van der Waals surface area contributed by atoms with Crippen LogP contribution in [0.1, 0.15) is 6.42 Å². The Bertz CT molecular complexity index is 1050. The number of nitrogens with one attached hydrogen (secondary N) is 2. The van der Waals surface area contributed by atoms with Crippen molar-refractivity contribution in [2.45, 2.75) is 11.3 Å². The van der Waals surface area contributed by atoms with E-state index in [1.807, 2.05) is 24.3 Å². The van der Waals surface area contributed by atoms with Gasteiger partial charge in [-0.3, -0.25) is 4.79 Å². The zero-order valence-electron chi connectivity index (χ0n) is 14.8. The maximum Gasteiger partial charge on any atom is 0.240 e. The van der Waals surface area contributed by atoms with E-state index in [4.69, 9.17) is 4.74 Å². The average Bonchev–Trinajstić information content (AvgIpc) is 2.68. The van der Waals surface area contributed by atoms with Crippen molar-refractivity contribution in [2.75, 3.05) is 19.0 Å². The number of fused-ring (bicyclic) bond motifs is 1. The molecule has 0 spiro atoms. The summed E-state index contributed by atoms with van der Waals surface area (Å²) < 4.78 is 32.4. The molecule has 140 valence electrons. The Morgan fingerprint density at radius 3 is 2.37 bits per heavy atom. The Labute approximate surface area is 158 Å². The molecule has 0 fully saturated rings. The molecule has 0 aliphatic carbocycles. The van der Waals surface area contributed by atoms with Crippen molar-refractivity contribution in [1.29, 1.82) is 0 Å². The summed E-state index contributed by atoms with van der Waals surface area (Å²) in [5, 5.41) is 4.53. The topological polar surface area (TPSA) is 84.5 Å². The summed E-state index contributed by atoms with van der Waals surface area (Å²) in [5.74, 6) is 0.414. The van der Waals surface area contributed by atoms with E-state index in [9.17, 15) is 13.2 Å². The number of carbonyl (C=O) groups excluding carboxylic acids is 1. The molecule has 0 heterocycles. The molecule has 1 amide bonds. The summed E-state index contributed by atoms with van der Waals surface area (Å²) >= 11 is 0. The van der Waals surface area contributed by atoms with E-state index < -0.39 is 10.0 Å². The van der Waals surface area contributed by atoms with Crippen LogP contribution in [0.25, 0.3) is 10.8 Å². The Kier molecular flexibility index (Phi) is 5.73. The zero-order valence-corrected chi connectivity index (χ0v) is 15.6. The van der Waals surface area contributed by atoms with E-state index >= 15 is 0 Å². The van der Waals surface area contributed by atoms with Gasteiger partial charge in [-0.15, -0.1) is 0 Å². The van der Waals surface area contributed by atoms with E-state index in [1.165, 1.54) is 0 Å². The maximum absolute atomic E-state index is 12.4. The van der Waals surface area contributed by atoms with Crippen LogP contribution in [0.3, 0.4) is 0 Å². The van der Waals surface area contributed by atoms with E-state index in [0.717, 1.165) is 10.8 Å². The van der Waals surface area contributed by atoms with Crippen LogP contribution in [-0.2, 0) is 14.8 Å². The number of ether oxygens (including phenoxy) is 1. The van der Waals surface area contributed by atoms with Gasteiger partial charge in [0.05, 0.1) is 12.0 Å². The molecule has 0 aliphatic rings. The average molecular weight is 384 g/mol. The number of amides is 1. The lowest BCUT2D eigenvalue weighted by atomic mass is 10.1. The summed E-state index contributed by atoms with van der Waals surface area (Å²) in [7, 11) is -2.11. The fourth-order valence-electron chi connectivity index (χ4n) is 2.61. The van der Waals surface area contributed by atoms with Crippen LogP contribution in [-0.4, -0.2) is 28.0 Å². The molecule has 27 heavy (non-hydrogen) atoms. The number of carbonyl (C=O) groups is 1. The molecular formula is C20H20N2O4S. The minimum Gasteiger partial charge on any atom is -0.497 e. The highest BCUT2D eigenvalue weighted by atomic mass is 32.2. The van der Waals surface area contributed by atoms with Gasteiger partial charge in [0.1, 0.15) is 5.75 Å². The highest BCUT2D eigenvalue weighted by Crippen LogP contribution is 2.19. The molecule has 0 aliphatic heterocycles. The van der Waals surface area contributed by atoms with Gasteiger partial charge in [0.25, 0.3) is 0 Å². The number of sulfonamides is 1. The highest BCUT2D eigenvalue weighted by Gasteiger charge is 2.14. The van der Waals surface area contributed by atoms with Gasteiger partial charge >= 0.3 is 0 Å². The van der Waals surface area contributed by atoms with Crippen molar-refractivity contribution in [3.05, 3.63) is 66.7 Å². The Hall–Kier alpha value is -2.90. The predicted octanol–water partition coefficient (Wildman–Crippen LogP) is 3.16. The van der Waals surface area contributed by atoms with E-state index in [2.05, 4.69) is 10.0 Å². The van der Waals surface area contributed by atoms with Crippen LogP contribution >= 0.6 is 0 Å². The van der Waals surface area contributed by atoms with Crippen molar-refractivity contribution >= 4 is 32.4 Å². The van der Waals surface area contributed by atoms with Gasteiger partial charge in [0, 0.05) is 18.7 Å². The number of hydrogen-bond donors (Lipinski definition) is 2. The molecule has 0 radical (unpaired) electrons. The first-order valence-corrected chi connectivity index (χ1v) is 9.89. The first-order chi connectivity index (χ1) is 13.0. The highest BCUT2D eigenvalue weighted by molar-refractivity contribution is 7.89. The normalized spacial score (nSPS) is 11.3. The van der Waals surface area contributed by atoms with Crippen LogP contribution in [0.15, 0.2) is 71.6 Å². The molecule has 3 aromatic rings. The first-order valence-electron chi connectivity index (χ1n) is 8.40. The second-order valence-corrected chi connectivity index (χ2v) is 7.70. The number of hydrogen-bond acceptors (Lipinski definition) is 4. The van der Waals surface area contributed by atoms with Crippen molar-refractivity contribution in [2.24, 2.45) is 0 Å². The van der Waals surface area contributed by atoms with Gasteiger partial charge < -0.3 is 10.1 Å². The largest absolute Gasteiger partial charge is 0.497 e. The molecule has 3 rings (SSSR count). The lowest BCUT2D eigenvalue weighted by Crippen LogP contribution is -2.27. The molecule has 3 aromatic carbocycles. The monoisotopic (exact) mass is 384 g/mol. The number of benzene rings is 3. The van der Waals surface area contributed by atoms with Gasteiger partial charge in [-0.2, -0.15) is 0 Å². The van der Waals surface area contributed by atoms with Crippen LogP contribution in [0, 0.1) is 0 Å². The third-order valence-electron chi connectivity index (χ3n) is 4.05. The Balaban J connectivity index is 1.56. The molecule has 0 atom stereocenters. The van der Waals surface area contributed by atoms with E-state index in [1.54, 1.807) is 49.6 Å². The molecule has 7 heteroatoms. The van der Waals surface area contributed by atoms with Gasteiger partial charge in [-0.25, -0.2) is 13.1 Å². The third kappa shape index (κ3) is 4.84. The second kappa shape index (κ2) is 8.20. The Morgan fingerprint density at radius 2 is 1.67 bits per heavy atom. The summed E-state index contributed by atoms with van der Waals surface area (Å²) in [6.07, 6.45) is 0.0266. The van der Waals surface area contributed by atoms with Crippen LogP contribution in [0.2, 0.25) is 0 Å². The molecule has 0 unspecified atom stereocenters. The molecule has 0 aromatic heterocycles. The number of methoxy groups -OCH3 is 1. The fraction of sp³-hybridized carbons (Fsp3) is 0.150. The molecule has 2 N–H and O–H groups in total. The van der Waals surface area contributed by atoms with E-state index in [-0.39, 0.29) is 23.8 Å². The van der Waals surface area contributed by atoms with Gasteiger partial charge in [-0.1, -0.05) is 30.3 Å². The Morgan fingerprint density at radius 1 is 0.963 bits per heavy atom. The van der Waals surface area contributed by atoms with Crippen molar-refractivity contribution in [3.63, 3.8) is 0 Å². The lowest BCUT2D eigenvalue weighted by molar-refractivity contribution is -0.116. The minimum absolute atomic E-state index is 0.0111. The smallest absolute Gasteiger partial charge is 0.240 e. The van der Waals surface area contributed by atoms with Crippen molar-refractivity contribution in [1.82, 2.24) is 4.72 Å². The van der Waals surface area contributed by atoms with Gasteiger partial charge in [-0.05, 0) is 47.2 Å². The molecule has 0 bridgehead atoms. The van der Waals surface area contributed by atoms with Crippen LogP contribution < -0.4 is 14.8 Å². The molecule has 0 saturated carbocycles. The summed E-state index contributed by atoms with van der Waals surface area (Å²) in [5.41, 5.74) is 0.623. The quantitative estimate of drug-likeness (QED) is 0.655. The maximum atomic E-state index is 12.4. The van der Waals surface area contributed by atoms with Gasteiger partial charge in [0.2, 0.25) is 15.9 Å². The van der Waals surface area contributed by atoms with Crippen LogP contribution in [0.5, 0.6) is 5.75 Å². The summed E-state index contributed by atoms with van der Waals surface area (Å²) in [6, 6.07) is 19.4. The van der Waals surface area contributed by atoms with Crippen molar-refractivity contribution < 1.29 is 17.9 Å². The summed E-state index contributed by atoms with van der Waals surface area (Å²) in [4.78, 5) is 12.2. The zero-order chi connectivity index (χ0) is 19.3. The van der Waals surface area contributed by atoms with Crippen molar-refractivity contribution in [3.8, 4) is 5.75 Å². The van der Waals surface area contributed by atoms with Gasteiger partial charge in [0.15, 0.2) is 0 Å². The number of anilines is 1. The fourth-order valence-corrected chi connectivity index (χ4v) is 3.68. The molecular weight excluding hydrogens is 364 g/mol.